The molecule has 2 heterocycles. The van der Waals surface area contributed by atoms with E-state index < -0.39 is 0 Å². The molecule has 1 aliphatic heterocycles. The molecule has 3 aromatic rings. The second-order valence-corrected chi connectivity index (χ2v) is 8.54. The highest BCUT2D eigenvalue weighted by atomic mass is 16.1. The van der Waals surface area contributed by atoms with Gasteiger partial charge in [0.25, 0.3) is 5.91 Å². The minimum atomic E-state index is 0.0521. The summed E-state index contributed by atoms with van der Waals surface area (Å²) in [6, 6.07) is 14.5. The number of aromatic amines is 1. The van der Waals surface area contributed by atoms with E-state index in [-0.39, 0.29) is 11.9 Å². The fraction of sp³-hybridized carbons (Fsp3) is 0.417. The van der Waals surface area contributed by atoms with E-state index in [2.05, 4.69) is 40.4 Å². The molecule has 1 aromatic heterocycles. The molecule has 29 heavy (non-hydrogen) atoms. The summed E-state index contributed by atoms with van der Waals surface area (Å²) in [6.45, 7) is 1.09. The molecule has 0 radical (unpaired) electrons. The molecule has 5 rings (SSSR count). The predicted octanol–water partition coefficient (Wildman–Crippen LogP) is 4.40. The van der Waals surface area contributed by atoms with Gasteiger partial charge in [-0.15, -0.1) is 0 Å². The molecule has 1 aliphatic carbocycles. The average molecular weight is 389 g/mol. The van der Waals surface area contributed by atoms with Crippen molar-refractivity contribution >= 4 is 22.6 Å². The number of nitrogens with zero attached hydrogens (tertiary/aromatic N) is 2. The van der Waals surface area contributed by atoms with Crippen LogP contribution >= 0.6 is 0 Å². The lowest BCUT2D eigenvalue weighted by molar-refractivity contribution is 0.0924. The number of aromatic nitrogens is 2. The van der Waals surface area contributed by atoms with Gasteiger partial charge in [0.15, 0.2) is 0 Å². The maximum absolute atomic E-state index is 12.9. The van der Waals surface area contributed by atoms with E-state index in [9.17, 15) is 4.79 Å². The van der Waals surface area contributed by atoms with E-state index in [0.717, 1.165) is 67.5 Å². The van der Waals surface area contributed by atoms with Crippen molar-refractivity contribution in [3.63, 3.8) is 0 Å². The van der Waals surface area contributed by atoms with Crippen molar-refractivity contribution in [3.05, 3.63) is 59.4 Å². The van der Waals surface area contributed by atoms with E-state index in [4.69, 9.17) is 4.98 Å². The lowest BCUT2D eigenvalue weighted by Crippen LogP contribution is -2.38. The monoisotopic (exact) mass is 388 g/mol. The molecule has 5 heteroatoms. The average Bonchev–Trinajstić information content (AvgIpc) is 3.18. The molecule has 0 saturated heterocycles. The number of carbonyl (C=O) groups is 1. The first-order chi connectivity index (χ1) is 14.2. The van der Waals surface area contributed by atoms with Gasteiger partial charge in [0, 0.05) is 36.8 Å². The zero-order valence-corrected chi connectivity index (χ0v) is 16.9. The number of imidazole rings is 1. The molecule has 2 atom stereocenters. The van der Waals surface area contributed by atoms with Gasteiger partial charge in [0.1, 0.15) is 5.82 Å². The Balaban J connectivity index is 1.28. The number of hydrogen-bond donors (Lipinski definition) is 2. The van der Waals surface area contributed by atoms with Crippen molar-refractivity contribution in [1.82, 2.24) is 15.3 Å². The summed E-state index contributed by atoms with van der Waals surface area (Å²) in [4.78, 5) is 23.5. The summed E-state index contributed by atoms with van der Waals surface area (Å²) >= 11 is 0. The van der Waals surface area contributed by atoms with Gasteiger partial charge in [-0.25, -0.2) is 4.98 Å². The van der Waals surface area contributed by atoms with E-state index >= 15 is 0 Å². The van der Waals surface area contributed by atoms with Gasteiger partial charge < -0.3 is 15.2 Å². The SMILES string of the molecule is CN1CCCc2cc(C(=O)N[C@@H]3CCC[C@H](c4nc5ccccc5[nH]4)C3)ccc21. The first kappa shape index (κ1) is 18.2. The van der Waals surface area contributed by atoms with Crippen LogP contribution < -0.4 is 10.2 Å². The molecule has 0 spiro atoms. The van der Waals surface area contributed by atoms with E-state index in [1.54, 1.807) is 0 Å². The van der Waals surface area contributed by atoms with Gasteiger partial charge in [0.2, 0.25) is 0 Å². The summed E-state index contributed by atoms with van der Waals surface area (Å²) in [7, 11) is 2.12. The van der Waals surface area contributed by atoms with Crippen LogP contribution in [0, 0.1) is 0 Å². The molecular formula is C24H28N4O. The zero-order valence-electron chi connectivity index (χ0n) is 16.9. The Kier molecular flexibility index (Phi) is 4.74. The molecule has 5 nitrogen and oxygen atoms in total. The number of anilines is 1. The number of H-pyrrole nitrogens is 1. The van der Waals surface area contributed by atoms with Crippen molar-refractivity contribution in [2.75, 3.05) is 18.5 Å². The van der Waals surface area contributed by atoms with Crippen LogP contribution in [0.4, 0.5) is 5.69 Å². The molecule has 0 bridgehead atoms. The van der Waals surface area contributed by atoms with Gasteiger partial charge in [-0.2, -0.15) is 0 Å². The number of benzene rings is 2. The van der Waals surface area contributed by atoms with Crippen LogP contribution in [-0.2, 0) is 6.42 Å². The van der Waals surface area contributed by atoms with E-state index in [1.165, 1.54) is 11.3 Å². The van der Waals surface area contributed by atoms with Crippen molar-refractivity contribution in [1.29, 1.82) is 0 Å². The van der Waals surface area contributed by atoms with Crippen LogP contribution in [0.3, 0.4) is 0 Å². The van der Waals surface area contributed by atoms with Gasteiger partial charge in [-0.1, -0.05) is 18.6 Å². The lowest BCUT2D eigenvalue weighted by Gasteiger charge is -2.29. The molecule has 1 saturated carbocycles. The highest BCUT2D eigenvalue weighted by Gasteiger charge is 2.27. The van der Waals surface area contributed by atoms with Gasteiger partial charge in [-0.3, -0.25) is 4.79 Å². The summed E-state index contributed by atoms with van der Waals surface area (Å²) in [5, 5.41) is 3.29. The number of rotatable bonds is 3. The predicted molar refractivity (Wildman–Crippen MR) is 117 cm³/mol. The number of aryl methyl sites for hydroxylation is 1. The third-order valence-electron chi connectivity index (χ3n) is 6.50. The number of para-hydroxylation sites is 2. The number of amides is 1. The van der Waals surface area contributed by atoms with Crippen LogP contribution in [0.1, 0.15) is 59.8 Å². The summed E-state index contributed by atoms with van der Waals surface area (Å²) in [6.07, 6.45) is 6.42. The molecular weight excluding hydrogens is 360 g/mol. The second kappa shape index (κ2) is 7.54. The normalized spacial score (nSPS) is 21.8. The van der Waals surface area contributed by atoms with Crippen LogP contribution in [0.25, 0.3) is 11.0 Å². The summed E-state index contributed by atoms with van der Waals surface area (Å²) < 4.78 is 0. The Bertz CT molecular complexity index is 1010. The Morgan fingerprint density at radius 2 is 2.07 bits per heavy atom. The quantitative estimate of drug-likeness (QED) is 0.699. The van der Waals surface area contributed by atoms with Crippen molar-refractivity contribution in [3.8, 4) is 0 Å². The maximum Gasteiger partial charge on any atom is 0.251 e. The Hall–Kier alpha value is -2.82. The van der Waals surface area contributed by atoms with Crippen LogP contribution in [0.15, 0.2) is 42.5 Å². The third kappa shape index (κ3) is 3.61. The van der Waals surface area contributed by atoms with Crippen LogP contribution in [-0.4, -0.2) is 35.5 Å². The molecule has 2 aliphatic rings. The lowest BCUT2D eigenvalue weighted by atomic mass is 9.85. The van der Waals surface area contributed by atoms with Gasteiger partial charge >= 0.3 is 0 Å². The fourth-order valence-corrected chi connectivity index (χ4v) is 4.93. The van der Waals surface area contributed by atoms with E-state index in [0.29, 0.717) is 5.92 Å². The smallest absolute Gasteiger partial charge is 0.251 e. The number of nitrogens with one attached hydrogen (secondary N) is 2. The summed E-state index contributed by atoms with van der Waals surface area (Å²) in [5.74, 6) is 1.48. The van der Waals surface area contributed by atoms with Gasteiger partial charge in [0.05, 0.1) is 11.0 Å². The molecule has 2 N–H and O–H groups in total. The zero-order chi connectivity index (χ0) is 19.8. The highest BCUT2D eigenvalue weighted by Crippen LogP contribution is 2.33. The van der Waals surface area contributed by atoms with Crippen molar-refractivity contribution in [2.45, 2.75) is 50.5 Å². The minimum Gasteiger partial charge on any atom is -0.374 e. The standard InChI is InChI=1S/C24H28N4O/c1-28-13-5-7-16-14-18(11-12-22(16)28)24(29)25-19-8-4-6-17(15-19)23-26-20-9-2-3-10-21(20)27-23/h2-3,9-12,14,17,19H,4-8,13,15H2,1H3,(H,25,29)(H,26,27)/t17-,19+/m0/s1. The molecule has 150 valence electrons. The number of fused-ring (bicyclic) bond motifs is 2. The van der Waals surface area contributed by atoms with Crippen LogP contribution in [0.5, 0.6) is 0 Å². The maximum atomic E-state index is 12.9. The first-order valence-electron chi connectivity index (χ1n) is 10.8. The largest absolute Gasteiger partial charge is 0.374 e. The Labute approximate surface area is 171 Å². The highest BCUT2D eigenvalue weighted by molar-refractivity contribution is 5.95. The Morgan fingerprint density at radius 1 is 1.17 bits per heavy atom. The number of hydrogen-bond acceptors (Lipinski definition) is 3. The molecule has 0 unspecified atom stereocenters. The van der Waals surface area contributed by atoms with Crippen LogP contribution in [0.2, 0.25) is 0 Å². The number of carbonyl (C=O) groups excluding carboxylic acids is 1. The first-order valence-corrected chi connectivity index (χ1v) is 10.8. The van der Waals surface area contributed by atoms with Crippen molar-refractivity contribution in [2.24, 2.45) is 0 Å². The fourth-order valence-electron chi connectivity index (χ4n) is 4.93. The molecule has 1 amide bonds. The Morgan fingerprint density at radius 3 is 2.97 bits per heavy atom. The second-order valence-electron chi connectivity index (χ2n) is 8.54. The molecule has 1 fully saturated rings. The van der Waals surface area contributed by atoms with Crippen molar-refractivity contribution < 1.29 is 4.79 Å². The minimum absolute atomic E-state index is 0.0521. The van der Waals surface area contributed by atoms with E-state index in [1.807, 2.05) is 24.3 Å². The topological polar surface area (TPSA) is 61.0 Å². The summed E-state index contributed by atoms with van der Waals surface area (Å²) in [5.41, 5.74) is 5.44. The third-order valence-corrected chi connectivity index (χ3v) is 6.50. The molecule has 2 aromatic carbocycles. The van der Waals surface area contributed by atoms with Gasteiger partial charge in [-0.05, 0) is 68.0 Å².